The lowest BCUT2D eigenvalue weighted by Gasteiger charge is -2.32. The number of carbonyl (C=O) groups excluding carboxylic acids is 1. The maximum Gasteiger partial charge on any atom is 0.296 e. The average Bonchev–Trinajstić information content (AvgIpc) is 3.35. The minimum Gasteiger partial charge on any atom is -0.854 e. The van der Waals surface area contributed by atoms with Crippen molar-refractivity contribution in [3.8, 4) is 28.4 Å². The summed E-state index contributed by atoms with van der Waals surface area (Å²) in [5, 5.41) is 26.0. The van der Waals surface area contributed by atoms with Crippen LogP contribution in [0.1, 0.15) is 44.8 Å². The number of H-pyrrole nitrogens is 1. The Bertz CT molecular complexity index is 1360. The Labute approximate surface area is 208 Å². The van der Waals surface area contributed by atoms with E-state index in [2.05, 4.69) is 22.1 Å². The minimum absolute atomic E-state index is 0.163. The maximum absolute atomic E-state index is 13.4. The van der Waals surface area contributed by atoms with Gasteiger partial charge in [-0.2, -0.15) is 5.10 Å². The molecule has 1 aliphatic rings. The highest BCUT2D eigenvalue weighted by Crippen LogP contribution is 2.42. The fourth-order valence-corrected chi connectivity index (χ4v) is 5.28. The van der Waals surface area contributed by atoms with Crippen molar-refractivity contribution in [3.05, 3.63) is 66.4 Å². The van der Waals surface area contributed by atoms with Crippen molar-refractivity contribution < 1.29 is 14.6 Å². The van der Waals surface area contributed by atoms with Gasteiger partial charge >= 0.3 is 0 Å². The maximum atomic E-state index is 13.4. The molecule has 0 spiro atoms. The number of amides is 1. The second kappa shape index (κ2) is 9.87. The predicted molar refractivity (Wildman–Crippen MR) is 133 cm³/mol. The molecule has 2 aromatic carbocycles. The monoisotopic (exact) mass is 486 g/mol. The number of fused-ring (bicyclic) bond motifs is 3. The van der Waals surface area contributed by atoms with Crippen LogP contribution in [0.15, 0.2) is 66.0 Å². The first-order chi connectivity index (χ1) is 17.1. The van der Waals surface area contributed by atoms with E-state index in [9.17, 15) is 9.90 Å². The number of carbonyl (C=O) groups is 1. The summed E-state index contributed by atoms with van der Waals surface area (Å²) >= 11 is 1.47. The van der Waals surface area contributed by atoms with Crippen LogP contribution in [0.25, 0.3) is 22.5 Å². The zero-order chi connectivity index (χ0) is 24.4. The first-order valence-electron chi connectivity index (χ1n) is 11.7. The molecule has 1 N–H and O–H groups in total. The van der Waals surface area contributed by atoms with Gasteiger partial charge in [0.15, 0.2) is 0 Å². The molecule has 1 amide bonds. The van der Waals surface area contributed by atoms with Crippen LogP contribution in [0.2, 0.25) is 0 Å². The highest BCUT2D eigenvalue weighted by atomic mass is 32.2. The molecule has 1 aliphatic heterocycles. The first kappa shape index (κ1) is 23.0. The van der Waals surface area contributed by atoms with Crippen molar-refractivity contribution >= 4 is 23.4 Å². The number of nitrogens with zero attached hydrogens (tertiary/aromatic N) is 5. The number of benzene rings is 2. The Morgan fingerprint density at radius 1 is 1.14 bits per heavy atom. The number of para-hydroxylation sites is 1. The van der Waals surface area contributed by atoms with Crippen LogP contribution < -0.4 is 14.7 Å². The molecular formula is C26H26N6O2S. The fourth-order valence-electron chi connectivity index (χ4n) is 4.46. The molecule has 5 rings (SSSR count). The van der Waals surface area contributed by atoms with E-state index >= 15 is 0 Å². The number of aromatic nitrogens is 5. The molecule has 9 heteroatoms. The number of aromatic amines is 1. The second-order valence-corrected chi connectivity index (χ2v) is 9.46. The van der Waals surface area contributed by atoms with Crippen molar-refractivity contribution in [2.24, 2.45) is 0 Å². The molecule has 0 bridgehead atoms. The third kappa shape index (κ3) is 4.27. The first-order valence-corrected chi connectivity index (χ1v) is 12.7. The molecule has 3 heterocycles. The molecule has 8 nitrogen and oxygen atoms in total. The van der Waals surface area contributed by atoms with Crippen molar-refractivity contribution in [2.75, 3.05) is 10.7 Å². The van der Waals surface area contributed by atoms with E-state index in [0.717, 1.165) is 41.8 Å². The van der Waals surface area contributed by atoms with Gasteiger partial charge in [0.2, 0.25) is 5.91 Å². The van der Waals surface area contributed by atoms with Gasteiger partial charge in [-0.1, -0.05) is 78.7 Å². The molecule has 0 saturated carbocycles. The molecule has 0 saturated heterocycles. The number of rotatable bonds is 7. The zero-order valence-corrected chi connectivity index (χ0v) is 20.5. The second-order valence-electron chi connectivity index (χ2n) is 8.39. The lowest BCUT2D eigenvalue weighted by atomic mass is 9.99. The number of unbranched alkanes of at least 4 members (excludes halogenated alkanes) is 2. The Kier molecular flexibility index (Phi) is 6.50. The van der Waals surface area contributed by atoms with Gasteiger partial charge in [-0.05, 0) is 18.6 Å². The zero-order valence-electron chi connectivity index (χ0n) is 19.6. The highest BCUT2D eigenvalue weighted by Gasteiger charge is 2.45. The minimum atomic E-state index is -0.697. The van der Waals surface area contributed by atoms with Gasteiger partial charge in [-0.15, -0.1) is 0 Å². The van der Waals surface area contributed by atoms with Gasteiger partial charge in [0.25, 0.3) is 17.0 Å². The largest absolute Gasteiger partial charge is 0.854 e. The summed E-state index contributed by atoms with van der Waals surface area (Å²) in [4.78, 5) is 19.1. The third-order valence-electron chi connectivity index (χ3n) is 6.04. The average molecular weight is 487 g/mol. The summed E-state index contributed by atoms with van der Waals surface area (Å²) < 4.78 is 1.65. The molecule has 0 radical (unpaired) electrons. The summed E-state index contributed by atoms with van der Waals surface area (Å²) in [6.07, 6.45) is 4.25. The van der Waals surface area contributed by atoms with Crippen LogP contribution in [0, 0.1) is 0 Å². The number of nitrogens with one attached hydrogen (secondary N) is 1. The van der Waals surface area contributed by atoms with Crippen molar-refractivity contribution in [2.45, 2.75) is 44.4 Å². The molecule has 1 atom stereocenters. The van der Waals surface area contributed by atoms with E-state index in [4.69, 9.17) is 5.10 Å². The fraction of sp³-hybridized carbons (Fsp3) is 0.269. The number of hydrogen-bond donors (Lipinski definition) is 1. The Morgan fingerprint density at radius 2 is 1.91 bits per heavy atom. The summed E-state index contributed by atoms with van der Waals surface area (Å²) in [6.45, 7) is 3.68. The number of anilines is 1. The van der Waals surface area contributed by atoms with Crippen LogP contribution in [-0.4, -0.2) is 31.9 Å². The van der Waals surface area contributed by atoms with Gasteiger partial charge in [0.1, 0.15) is 0 Å². The van der Waals surface area contributed by atoms with Gasteiger partial charge in [0, 0.05) is 23.3 Å². The Morgan fingerprint density at radius 3 is 2.69 bits per heavy atom. The highest BCUT2D eigenvalue weighted by molar-refractivity contribution is 7.99. The number of hydrogen-bond acceptors (Lipinski definition) is 6. The summed E-state index contributed by atoms with van der Waals surface area (Å²) in [5.74, 6) is 0.304. The summed E-state index contributed by atoms with van der Waals surface area (Å²) in [5.41, 5.74) is 4.08. The molecule has 0 fully saturated rings. The molecule has 4 aromatic rings. The Hall–Kier alpha value is -3.72. The normalized spacial score (nSPS) is 14.5. The van der Waals surface area contributed by atoms with Crippen LogP contribution in [0.3, 0.4) is 0 Å². The van der Waals surface area contributed by atoms with Crippen molar-refractivity contribution in [1.29, 1.82) is 0 Å². The lowest BCUT2D eigenvalue weighted by molar-refractivity contribution is -0.764. The number of thioether (sulfide) groups is 1. The third-order valence-corrected chi connectivity index (χ3v) is 6.97. The quantitative estimate of drug-likeness (QED) is 0.240. The standard InChI is InChI=1S/C26H26N6O2S/c1-3-4-10-15-35-26-28-24(34)23-19-13-8-9-14-21(19)31(17(2)33)25(32(23)30-26)20-16-27-29-22(20)18-11-6-5-7-12-18/h5-9,11-14,16,25H,3-4,10,15H2,1-2H3,(H-,27,28,29,30,34). The van der Waals surface area contributed by atoms with Gasteiger partial charge < -0.3 is 5.11 Å². The van der Waals surface area contributed by atoms with Crippen LogP contribution in [0.4, 0.5) is 5.69 Å². The molecule has 35 heavy (non-hydrogen) atoms. The Balaban J connectivity index is 1.71. The topological polar surface area (TPSA) is 102 Å². The molecule has 1 unspecified atom stereocenters. The van der Waals surface area contributed by atoms with Crippen LogP contribution in [-0.2, 0) is 4.79 Å². The SMILES string of the molecule is CCCCCSc1nc([O-])c2[n+](n1)C(c1cn[nH]c1-c1ccccc1)N(C(C)=O)c1ccccc1-2. The van der Waals surface area contributed by atoms with Crippen molar-refractivity contribution in [1.82, 2.24) is 20.3 Å². The molecule has 0 aliphatic carbocycles. The van der Waals surface area contributed by atoms with E-state index in [1.165, 1.54) is 18.7 Å². The lowest BCUT2D eigenvalue weighted by Crippen LogP contribution is -2.58. The van der Waals surface area contributed by atoms with Crippen LogP contribution in [0.5, 0.6) is 5.88 Å². The van der Waals surface area contributed by atoms with Gasteiger partial charge in [-0.3, -0.25) is 9.89 Å². The van der Waals surface area contributed by atoms with E-state index < -0.39 is 6.17 Å². The molecule has 2 aromatic heterocycles. The van der Waals surface area contributed by atoms with E-state index in [1.54, 1.807) is 15.8 Å². The van der Waals surface area contributed by atoms with E-state index in [-0.39, 0.29) is 11.8 Å². The molecule has 178 valence electrons. The predicted octanol–water partition coefficient (Wildman–Crippen LogP) is 4.09. The van der Waals surface area contributed by atoms with Gasteiger partial charge in [0.05, 0.1) is 34.6 Å². The van der Waals surface area contributed by atoms with E-state index in [1.807, 2.05) is 54.6 Å². The van der Waals surface area contributed by atoms with Gasteiger partial charge in [-0.25, -0.2) is 9.88 Å². The smallest absolute Gasteiger partial charge is 0.296 e. The van der Waals surface area contributed by atoms with Crippen LogP contribution >= 0.6 is 11.8 Å². The van der Waals surface area contributed by atoms with E-state index in [0.29, 0.717) is 22.1 Å². The molecular weight excluding hydrogens is 460 g/mol. The van der Waals surface area contributed by atoms with Crippen molar-refractivity contribution in [3.63, 3.8) is 0 Å². The summed E-state index contributed by atoms with van der Waals surface area (Å²) in [6, 6.07) is 17.2. The summed E-state index contributed by atoms with van der Waals surface area (Å²) in [7, 11) is 0.